The Labute approximate surface area is 122 Å². The largest absolute Gasteiger partial charge is 0.356 e. The summed E-state index contributed by atoms with van der Waals surface area (Å²) in [5, 5.41) is 3.08. The maximum atomic E-state index is 12.1. The third kappa shape index (κ3) is 4.72. The van der Waals surface area contributed by atoms with E-state index >= 15 is 0 Å². The quantitative estimate of drug-likeness (QED) is 0.710. The summed E-state index contributed by atoms with van der Waals surface area (Å²) in [7, 11) is 2.17. The molecule has 3 N–H and O–H groups in total. The molecule has 0 bridgehead atoms. The van der Waals surface area contributed by atoms with Crippen LogP contribution in [-0.2, 0) is 4.79 Å². The van der Waals surface area contributed by atoms with Crippen LogP contribution in [0.5, 0.6) is 0 Å². The number of likely N-dealkylation sites (N-methyl/N-ethyl adjacent to an activating group) is 1. The number of nitrogens with zero attached hydrogens (tertiary/aromatic N) is 2. The van der Waals surface area contributed by atoms with E-state index in [1.54, 1.807) is 0 Å². The standard InChI is InChI=1S/C15H30N4O/c1-18-9-11-19(12-10-18)8-4-7-17-15(20)13-5-2-3-6-14(13)16/h13-14H,2-12,16H2,1H3,(H,17,20). The maximum Gasteiger partial charge on any atom is 0.224 e. The Hall–Kier alpha value is -0.650. The van der Waals surface area contributed by atoms with E-state index in [9.17, 15) is 4.79 Å². The highest BCUT2D eigenvalue weighted by molar-refractivity contribution is 5.79. The Morgan fingerprint density at radius 2 is 1.90 bits per heavy atom. The molecule has 2 fully saturated rings. The molecular weight excluding hydrogens is 252 g/mol. The number of piperazine rings is 1. The molecule has 0 aromatic heterocycles. The minimum Gasteiger partial charge on any atom is -0.356 e. The lowest BCUT2D eigenvalue weighted by Gasteiger charge is -2.32. The zero-order chi connectivity index (χ0) is 14.4. The zero-order valence-electron chi connectivity index (χ0n) is 12.8. The van der Waals surface area contributed by atoms with Crippen LogP contribution in [-0.4, -0.2) is 68.1 Å². The smallest absolute Gasteiger partial charge is 0.224 e. The van der Waals surface area contributed by atoms with Gasteiger partial charge in [0.25, 0.3) is 0 Å². The molecule has 0 aromatic carbocycles. The predicted molar refractivity (Wildman–Crippen MR) is 81.5 cm³/mol. The van der Waals surface area contributed by atoms with E-state index in [0.717, 1.165) is 65.0 Å². The van der Waals surface area contributed by atoms with Crippen LogP contribution in [0.4, 0.5) is 0 Å². The number of amides is 1. The fourth-order valence-electron chi connectivity index (χ4n) is 3.20. The molecule has 5 heteroatoms. The maximum absolute atomic E-state index is 12.1. The van der Waals surface area contributed by atoms with Crippen LogP contribution < -0.4 is 11.1 Å². The second-order valence-corrected chi connectivity index (χ2v) is 6.34. The Morgan fingerprint density at radius 3 is 2.60 bits per heavy atom. The second kappa shape index (κ2) is 7.96. The zero-order valence-corrected chi connectivity index (χ0v) is 12.8. The predicted octanol–water partition coefficient (Wildman–Crippen LogP) is 0.258. The molecule has 1 aliphatic heterocycles. The van der Waals surface area contributed by atoms with Crippen molar-refractivity contribution in [1.82, 2.24) is 15.1 Å². The molecule has 0 radical (unpaired) electrons. The van der Waals surface area contributed by atoms with E-state index in [1.165, 1.54) is 6.42 Å². The lowest BCUT2D eigenvalue weighted by Crippen LogP contribution is -2.46. The topological polar surface area (TPSA) is 61.6 Å². The van der Waals surface area contributed by atoms with Gasteiger partial charge in [0, 0.05) is 38.8 Å². The first-order valence-electron chi connectivity index (χ1n) is 8.11. The first-order chi connectivity index (χ1) is 9.66. The van der Waals surface area contributed by atoms with E-state index in [0.29, 0.717) is 0 Å². The Morgan fingerprint density at radius 1 is 1.20 bits per heavy atom. The number of carbonyl (C=O) groups is 1. The van der Waals surface area contributed by atoms with Crippen molar-refractivity contribution >= 4 is 5.91 Å². The van der Waals surface area contributed by atoms with Crippen LogP contribution in [0.15, 0.2) is 0 Å². The summed E-state index contributed by atoms with van der Waals surface area (Å²) in [5.74, 6) is 0.225. The van der Waals surface area contributed by atoms with Gasteiger partial charge in [-0.2, -0.15) is 0 Å². The number of carbonyl (C=O) groups excluding carboxylic acids is 1. The van der Waals surface area contributed by atoms with Crippen molar-refractivity contribution in [3.63, 3.8) is 0 Å². The van der Waals surface area contributed by atoms with Crippen LogP contribution in [0.2, 0.25) is 0 Å². The third-order valence-corrected chi connectivity index (χ3v) is 4.70. The van der Waals surface area contributed by atoms with Gasteiger partial charge in [-0.1, -0.05) is 12.8 Å². The number of nitrogens with one attached hydrogen (secondary N) is 1. The molecule has 5 nitrogen and oxygen atoms in total. The number of hydrogen-bond acceptors (Lipinski definition) is 4. The van der Waals surface area contributed by atoms with Crippen molar-refractivity contribution in [1.29, 1.82) is 0 Å². The molecular formula is C15H30N4O. The highest BCUT2D eigenvalue weighted by Crippen LogP contribution is 2.22. The van der Waals surface area contributed by atoms with Crippen molar-refractivity contribution in [2.45, 2.75) is 38.1 Å². The van der Waals surface area contributed by atoms with Crippen LogP contribution >= 0.6 is 0 Å². The van der Waals surface area contributed by atoms with Gasteiger partial charge in [0.15, 0.2) is 0 Å². The number of nitrogens with two attached hydrogens (primary N) is 1. The normalized spacial score (nSPS) is 29.3. The monoisotopic (exact) mass is 282 g/mol. The molecule has 20 heavy (non-hydrogen) atoms. The summed E-state index contributed by atoms with van der Waals surface area (Å²) in [6.45, 7) is 6.49. The highest BCUT2D eigenvalue weighted by atomic mass is 16.1. The summed E-state index contributed by atoms with van der Waals surface area (Å²) in [6.07, 6.45) is 5.32. The molecule has 2 aliphatic rings. The van der Waals surface area contributed by atoms with Gasteiger partial charge in [0.05, 0.1) is 5.92 Å². The minimum absolute atomic E-state index is 0.0485. The molecule has 2 unspecified atom stereocenters. The van der Waals surface area contributed by atoms with Gasteiger partial charge in [0.2, 0.25) is 5.91 Å². The second-order valence-electron chi connectivity index (χ2n) is 6.34. The molecule has 1 saturated heterocycles. The molecule has 1 heterocycles. The van der Waals surface area contributed by atoms with E-state index < -0.39 is 0 Å². The minimum atomic E-state index is 0.0485. The average Bonchev–Trinajstić information content (AvgIpc) is 2.46. The Bertz CT molecular complexity index is 302. The van der Waals surface area contributed by atoms with Crippen molar-refractivity contribution in [3.05, 3.63) is 0 Å². The van der Waals surface area contributed by atoms with Crippen molar-refractivity contribution in [3.8, 4) is 0 Å². The molecule has 1 aliphatic carbocycles. The van der Waals surface area contributed by atoms with E-state index in [4.69, 9.17) is 5.73 Å². The molecule has 2 rings (SSSR count). The Balaban J connectivity index is 1.57. The molecule has 116 valence electrons. The summed E-state index contributed by atoms with van der Waals surface area (Å²) in [6, 6.07) is 0.0707. The van der Waals surface area contributed by atoms with Gasteiger partial charge in [-0.05, 0) is 32.9 Å². The summed E-state index contributed by atoms with van der Waals surface area (Å²) >= 11 is 0. The molecule has 0 aromatic rings. The lowest BCUT2D eigenvalue weighted by molar-refractivity contribution is -0.126. The van der Waals surface area contributed by atoms with Gasteiger partial charge in [0.1, 0.15) is 0 Å². The number of rotatable bonds is 5. The van der Waals surface area contributed by atoms with Crippen LogP contribution in [0.25, 0.3) is 0 Å². The lowest BCUT2D eigenvalue weighted by atomic mass is 9.84. The Kier molecular flexibility index (Phi) is 6.26. The fourth-order valence-corrected chi connectivity index (χ4v) is 3.20. The third-order valence-electron chi connectivity index (χ3n) is 4.70. The average molecular weight is 282 g/mol. The first kappa shape index (κ1) is 15.7. The van der Waals surface area contributed by atoms with Crippen LogP contribution in [0, 0.1) is 5.92 Å². The van der Waals surface area contributed by atoms with Crippen molar-refractivity contribution in [2.24, 2.45) is 11.7 Å². The number of hydrogen-bond donors (Lipinski definition) is 2. The van der Waals surface area contributed by atoms with Gasteiger partial charge >= 0.3 is 0 Å². The van der Waals surface area contributed by atoms with Crippen molar-refractivity contribution in [2.75, 3.05) is 46.3 Å². The first-order valence-corrected chi connectivity index (χ1v) is 8.11. The van der Waals surface area contributed by atoms with Gasteiger partial charge in [-0.25, -0.2) is 0 Å². The molecule has 2 atom stereocenters. The van der Waals surface area contributed by atoms with Gasteiger partial charge in [-0.3, -0.25) is 4.79 Å². The molecule has 1 amide bonds. The van der Waals surface area contributed by atoms with E-state index in [2.05, 4.69) is 22.2 Å². The van der Waals surface area contributed by atoms with E-state index in [1.807, 2.05) is 0 Å². The molecule has 1 saturated carbocycles. The summed E-state index contributed by atoms with van der Waals surface area (Å²) in [5.41, 5.74) is 6.04. The fraction of sp³-hybridized carbons (Fsp3) is 0.933. The highest BCUT2D eigenvalue weighted by Gasteiger charge is 2.27. The van der Waals surface area contributed by atoms with Crippen LogP contribution in [0.1, 0.15) is 32.1 Å². The van der Waals surface area contributed by atoms with Crippen LogP contribution in [0.3, 0.4) is 0 Å². The van der Waals surface area contributed by atoms with Gasteiger partial charge < -0.3 is 20.9 Å². The molecule has 0 spiro atoms. The van der Waals surface area contributed by atoms with E-state index in [-0.39, 0.29) is 17.9 Å². The SMILES string of the molecule is CN1CCN(CCCNC(=O)C2CCCCC2N)CC1. The summed E-state index contributed by atoms with van der Waals surface area (Å²) < 4.78 is 0. The summed E-state index contributed by atoms with van der Waals surface area (Å²) in [4.78, 5) is 16.9. The van der Waals surface area contributed by atoms with Crippen molar-refractivity contribution < 1.29 is 4.79 Å². The van der Waals surface area contributed by atoms with Gasteiger partial charge in [-0.15, -0.1) is 0 Å².